The maximum absolute atomic E-state index is 11.9. The van der Waals surface area contributed by atoms with Crippen molar-refractivity contribution in [1.29, 1.82) is 0 Å². The molecule has 0 saturated heterocycles. The van der Waals surface area contributed by atoms with Crippen molar-refractivity contribution in [2.24, 2.45) is 0 Å². The van der Waals surface area contributed by atoms with Crippen LogP contribution >= 0.6 is 15.9 Å². The normalized spacial score (nSPS) is 10.4. The molecular weight excluding hydrogens is 308 g/mol. The molecule has 0 spiro atoms. The molecule has 0 saturated carbocycles. The van der Waals surface area contributed by atoms with Gasteiger partial charge in [0.1, 0.15) is 0 Å². The maximum Gasteiger partial charge on any atom is 0.251 e. The molecule has 19 heavy (non-hydrogen) atoms. The Balaban J connectivity index is 2.24. The highest BCUT2D eigenvalue weighted by atomic mass is 79.9. The van der Waals surface area contributed by atoms with Gasteiger partial charge in [-0.3, -0.25) is 4.79 Å². The first-order valence-corrected chi connectivity index (χ1v) is 7.34. The fraction of sp³-hybridized carbons (Fsp3) is 0.500. The summed E-state index contributed by atoms with van der Waals surface area (Å²) in [5, 5.41) is 2.85. The van der Waals surface area contributed by atoms with E-state index in [1.54, 1.807) is 18.2 Å². The summed E-state index contributed by atoms with van der Waals surface area (Å²) in [7, 11) is 0. The minimum absolute atomic E-state index is 0.110. The summed E-state index contributed by atoms with van der Waals surface area (Å²) in [4.78, 5) is 11.9. The Morgan fingerprint density at radius 3 is 2.74 bits per heavy atom. The van der Waals surface area contributed by atoms with Gasteiger partial charge in [0.05, 0.1) is 0 Å². The Morgan fingerprint density at radius 1 is 1.32 bits per heavy atom. The van der Waals surface area contributed by atoms with Crippen LogP contribution in [0.15, 0.2) is 22.7 Å². The first kappa shape index (κ1) is 16.0. The zero-order valence-electron chi connectivity index (χ0n) is 11.2. The highest BCUT2D eigenvalue weighted by Gasteiger charge is 2.06. The second-order valence-corrected chi connectivity index (χ2v) is 5.26. The number of carbonyl (C=O) groups is 1. The average Bonchev–Trinajstić information content (AvgIpc) is 2.36. The van der Waals surface area contributed by atoms with Gasteiger partial charge in [-0.25, -0.2) is 0 Å². The van der Waals surface area contributed by atoms with Crippen LogP contribution in [0.3, 0.4) is 0 Å². The van der Waals surface area contributed by atoms with Gasteiger partial charge in [0.15, 0.2) is 0 Å². The average molecular weight is 329 g/mol. The van der Waals surface area contributed by atoms with Gasteiger partial charge in [0.2, 0.25) is 0 Å². The zero-order valence-corrected chi connectivity index (χ0v) is 12.8. The number of ether oxygens (including phenoxy) is 1. The number of nitrogens with one attached hydrogen (secondary N) is 1. The molecule has 1 aromatic rings. The highest BCUT2D eigenvalue weighted by molar-refractivity contribution is 9.10. The number of halogens is 1. The van der Waals surface area contributed by atoms with Gasteiger partial charge in [-0.15, -0.1) is 0 Å². The second-order valence-electron chi connectivity index (χ2n) is 4.35. The van der Waals surface area contributed by atoms with Crippen LogP contribution in [0.1, 0.15) is 36.5 Å². The van der Waals surface area contributed by atoms with Crippen LogP contribution < -0.4 is 11.1 Å². The van der Waals surface area contributed by atoms with Gasteiger partial charge in [0.25, 0.3) is 5.91 Å². The number of nitrogen functional groups attached to an aromatic ring is 1. The van der Waals surface area contributed by atoms with Crippen molar-refractivity contribution >= 4 is 27.5 Å². The first-order valence-electron chi connectivity index (χ1n) is 6.55. The molecule has 0 atom stereocenters. The van der Waals surface area contributed by atoms with Crippen LogP contribution in [0.5, 0.6) is 0 Å². The van der Waals surface area contributed by atoms with Crippen molar-refractivity contribution in [2.75, 3.05) is 25.5 Å². The minimum Gasteiger partial charge on any atom is -0.399 e. The molecule has 0 aromatic heterocycles. The first-order chi connectivity index (χ1) is 9.13. The van der Waals surface area contributed by atoms with Crippen LogP contribution in [-0.2, 0) is 4.74 Å². The minimum atomic E-state index is -0.110. The lowest BCUT2D eigenvalue weighted by atomic mass is 10.2. The molecule has 0 heterocycles. The van der Waals surface area contributed by atoms with Crippen molar-refractivity contribution in [3.63, 3.8) is 0 Å². The molecule has 0 aliphatic heterocycles. The Morgan fingerprint density at radius 2 is 2.05 bits per heavy atom. The molecule has 4 nitrogen and oxygen atoms in total. The van der Waals surface area contributed by atoms with E-state index < -0.39 is 0 Å². The summed E-state index contributed by atoms with van der Waals surface area (Å²) in [5.74, 6) is -0.110. The Kier molecular flexibility index (Phi) is 7.52. The van der Waals surface area contributed by atoms with E-state index in [0.29, 0.717) is 24.4 Å². The molecule has 0 aliphatic rings. The number of amides is 1. The number of unbranched alkanes of at least 4 members (excludes halogenated alkanes) is 1. The van der Waals surface area contributed by atoms with Crippen molar-refractivity contribution < 1.29 is 9.53 Å². The van der Waals surface area contributed by atoms with E-state index >= 15 is 0 Å². The topological polar surface area (TPSA) is 64.3 Å². The van der Waals surface area contributed by atoms with Crippen molar-refractivity contribution in [1.82, 2.24) is 5.32 Å². The van der Waals surface area contributed by atoms with Gasteiger partial charge in [0, 0.05) is 35.5 Å². The molecule has 1 amide bonds. The smallest absolute Gasteiger partial charge is 0.251 e. The van der Waals surface area contributed by atoms with E-state index in [2.05, 4.69) is 28.2 Å². The van der Waals surface area contributed by atoms with E-state index in [1.807, 2.05) is 0 Å². The molecule has 0 radical (unpaired) electrons. The lowest BCUT2D eigenvalue weighted by Crippen LogP contribution is -2.25. The molecule has 5 heteroatoms. The molecule has 0 unspecified atom stereocenters. The summed E-state index contributed by atoms with van der Waals surface area (Å²) in [6.07, 6.45) is 3.05. The van der Waals surface area contributed by atoms with E-state index in [4.69, 9.17) is 10.5 Å². The van der Waals surface area contributed by atoms with Crippen LogP contribution in [0, 0.1) is 0 Å². The number of rotatable bonds is 8. The number of carbonyl (C=O) groups excluding carboxylic acids is 1. The fourth-order valence-corrected chi connectivity index (χ4v) is 2.08. The van der Waals surface area contributed by atoms with Crippen molar-refractivity contribution in [2.45, 2.75) is 26.2 Å². The molecule has 106 valence electrons. The molecule has 0 fully saturated rings. The summed E-state index contributed by atoms with van der Waals surface area (Å²) in [5.41, 5.74) is 6.83. The van der Waals surface area contributed by atoms with Crippen molar-refractivity contribution in [3.8, 4) is 0 Å². The predicted octanol–water partition coefficient (Wildman–Crippen LogP) is 2.97. The number of nitrogens with two attached hydrogens (primary N) is 1. The zero-order chi connectivity index (χ0) is 14.1. The number of hydrogen-bond acceptors (Lipinski definition) is 3. The third-order valence-corrected chi connectivity index (χ3v) is 3.03. The van der Waals surface area contributed by atoms with E-state index in [0.717, 1.165) is 30.3 Å². The van der Waals surface area contributed by atoms with Crippen molar-refractivity contribution in [3.05, 3.63) is 28.2 Å². The van der Waals surface area contributed by atoms with Gasteiger partial charge in [-0.05, 0) is 31.0 Å². The molecule has 3 N–H and O–H groups in total. The van der Waals surface area contributed by atoms with Crippen LogP contribution in [0.2, 0.25) is 0 Å². The van der Waals surface area contributed by atoms with Gasteiger partial charge in [-0.2, -0.15) is 0 Å². The summed E-state index contributed by atoms with van der Waals surface area (Å²) >= 11 is 3.32. The van der Waals surface area contributed by atoms with E-state index in [-0.39, 0.29) is 5.91 Å². The van der Waals surface area contributed by atoms with Gasteiger partial charge in [-0.1, -0.05) is 29.3 Å². The Bertz CT molecular complexity index is 390. The predicted molar refractivity (Wildman–Crippen MR) is 81.2 cm³/mol. The molecular formula is C14H21BrN2O2. The van der Waals surface area contributed by atoms with Crippen LogP contribution in [0.25, 0.3) is 0 Å². The largest absolute Gasteiger partial charge is 0.399 e. The molecule has 0 bridgehead atoms. The summed E-state index contributed by atoms with van der Waals surface area (Å²) < 4.78 is 6.23. The monoisotopic (exact) mass is 328 g/mol. The number of benzene rings is 1. The highest BCUT2D eigenvalue weighted by Crippen LogP contribution is 2.17. The third-order valence-electron chi connectivity index (χ3n) is 2.58. The number of anilines is 1. The van der Waals surface area contributed by atoms with Crippen LogP contribution in [0.4, 0.5) is 5.69 Å². The molecule has 1 rings (SSSR count). The third kappa shape index (κ3) is 6.59. The Labute approximate surface area is 122 Å². The SMILES string of the molecule is CCCCOCCCNC(=O)c1cc(N)cc(Br)c1. The van der Waals surface area contributed by atoms with Crippen LogP contribution in [-0.4, -0.2) is 25.7 Å². The lowest BCUT2D eigenvalue weighted by Gasteiger charge is -2.07. The lowest BCUT2D eigenvalue weighted by molar-refractivity contribution is 0.0940. The Hall–Kier alpha value is -1.07. The van der Waals surface area contributed by atoms with Gasteiger partial charge < -0.3 is 15.8 Å². The van der Waals surface area contributed by atoms with E-state index in [1.165, 1.54) is 0 Å². The maximum atomic E-state index is 11.9. The molecule has 1 aromatic carbocycles. The fourth-order valence-electron chi connectivity index (χ4n) is 1.57. The standard InChI is InChI=1S/C14H21BrN2O2/c1-2-3-6-19-7-4-5-17-14(18)11-8-12(15)10-13(16)9-11/h8-10H,2-7,16H2,1H3,(H,17,18). The van der Waals surface area contributed by atoms with E-state index in [9.17, 15) is 4.79 Å². The molecule has 0 aliphatic carbocycles. The van der Waals surface area contributed by atoms with Gasteiger partial charge >= 0.3 is 0 Å². The quantitative estimate of drug-likeness (QED) is 0.569. The second kappa shape index (κ2) is 8.93. The summed E-state index contributed by atoms with van der Waals surface area (Å²) in [6.45, 7) is 4.22. The summed E-state index contributed by atoms with van der Waals surface area (Å²) in [6, 6.07) is 5.18. The number of hydrogen-bond donors (Lipinski definition) is 2.